The lowest BCUT2D eigenvalue weighted by Gasteiger charge is -2.19. The van der Waals surface area contributed by atoms with Crippen LogP contribution in [0, 0.1) is 6.92 Å². The first-order chi connectivity index (χ1) is 11.0. The Kier molecular flexibility index (Phi) is 4.20. The maximum absolute atomic E-state index is 13.7. The largest absolute Gasteiger partial charge is 0.438 e. The average Bonchev–Trinajstić information content (AvgIpc) is 2.78. The number of hydrogen-bond donors (Lipinski definition) is 1. The lowest BCUT2D eigenvalue weighted by atomic mass is 10.2. The zero-order valence-corrected chi connectivity index (χ0v) is 12.5. The van der Waals surface area contributed by atoms with Crippen LogP contribution in [0.2, 0.25) is 0 Å². The second kappa shape index (κ2) is 6.29. The van der Waals surface area contributed by atoms with E-state index in [0.717, 1.165) is 10.5 Å². The van der Waals surface area contributed by atoms with E-state index in [0.29, 0.717) is 17.3 Å². The van der Waals surface area contributed by atoms with Crippen molar-refractivity contribution in [1.29, 1.82) is 0 Å². The van der Waals surface area contributed by atoms with Gasteiger partial charge in [0, 0.05) is 0 Å². The van der Waals surface area contributed by atoms with Crippen LogP contribution in [0.15, 0.2) is 36.7 Å². The van der Waals surface area contributed by atoms with E-state index in [-0.39, 0.29) is 13.0 Å². The zero-order chi connectivity index (χ0) is 16.4. The minimum Gasteiger partial charge on any atom is -0.438 e. The molecule has 1 aromatic heterocycles. The van der Waals surface area contributed by atoms with Crippen molar-refractivity contribution in [2.75, 3.05) is 0 Å². The Balaban J connectivity index is 1.65. The van der Waals surface area contributed by atoms with Crippen molar-refractivity contribution in [2.45, 2.75) is 32.3 Å². The molecule has 2 aromatic rings. The summed E-state index contributed by atoms with van der Waals surface area (Å²) in [4.78, 5) is 20.8. The maximum atomic E-state index is 13.7. The number of nitrogens with zero attached hydrogens (tertiary/aromatic N) is 3. The van der Waals surface area contributed by atoms with Crippen LogP contribution in [-0.2, 0) is 11.3 Å². The van der Waals surface area contributed by atoms with E-state index in [2.05, 4.69) is 9.97 Å². The number of aryl methyl sites for hydroxylation is 1. The standard InChI is InChI=1S/C16H16FN3O3/c1-10-2-4-12(5-3-10)23-14-8-18-11(7-19-14)9-20-15(22)6-13(21)16(20)17/h2-5,7-8,13,16,21H,6,9H2,1H3/t13-,16+/m0/s1. The average molecular weight is 317 g/mol. The first-order valence-corrected chi connectivity index (χ1v) is 7.20. The Hall–Kier alpha value is -2.54. The molecule has 6 nitrogen and oxygen atoms in total. The van der Waals surface area contributed by atoms with Gasteiger partial charge in [-0.15, -0.1) is 0 Å². The van der Waals surface area contributed by atoms with Gasteiger partial charge in [0.15, 0.2) is 0 Å². The summed E-state index contributed by atoms with van der Waals surface area (Å²) in [7, 11) is 0. The highest BCUT2D eigenvalue weighted by Crippen LogP contribution is 2.23. The van der Waals surface area contributed by atoms with E-state index in [4.69, 9.17) is 4.74 Å². The van der Waals surface area contributed by atoms with Crippen molar-refractivity contribution in [3.8, 4) is 11.6 Å². The molecule has 120 valence electrons. The maximum Gasteiger partial charge on any atom is 0.237 e. The van der Waals surface area contributed by atoms with Gasteiger partial charge in [0.05, 0.1) is 31.1 Å². The van der Waals surface area contributed by atoms with Crippen LogP contribution >= 0.6 is 0 Å². The molecule has 0 bridgehead atoms. The normalized spacial score (nSPS) is 20.8. The van der Waals surface area contributed by atoms with E-state index >= 15 is 0 Å². The summed E-state index contributed by atoms with van der Waals surface area (Å²) in [5.74, 6) is 0.508. The summed E-state index contributed by atoms with van der Waals surface area (Å²) in [5, 5.41) is 9.35. The van der Waals surface area contributed by atoms with E-state index in [9.17, 15) is 14.3 Å². The summed E-state index contributed by atoms with van der Waals surface area (Å²) in [5.41, 5.74) is 1.54. The van der Waals surface area contributed by atoms with Crippen LogP contribution in [-0.4, -0.2) is 38.3 Å². The number of hydrogen-bond acceptors (Lipinski definition) is 5. The second-order valence-electron chi connectivity index (χ2n) is 5.43. The Morgan fingerprint density at radius 1 is 1.30 bits per heavy atom. The van der Waals surface area contributed by atoms with Gasteiger partial charge in [-0.05, 0) is 19.1 Å². The number of ether oxygens (including phenoxy) is 1. The molecule has 2 heterocycles. The molecule has 1 aliphatic rings. The van der Waals surface area contributed by atoms with Gasteiger partial charge >= 0.3 is 0 Å². The molecule has 0 spiro atoms. The minimum absolute atomic E-state index is 0.0329. The number of carbonyl (C=O) groups excluding carboxylic acids is 1. The molecule has 7 heteroatoms. The Morgan fingerprint density at radius 2 is 2.04 bits per heavy atom. The summed E-state index contributed by atoms with van der Waals surface area (Å²) >= 11 is 0. The predicted molar refractivity (Wildman–Crippen MR) is 79.4 cm³/mol. The third-order valence-electron chi connectivity index (χ3n) is 3.58. The number of halogens is 1. The number of aliphatic hydroxyl groups excluding tert-OH is 1. The molecule has 1 saturated heterocycles. The van der Waals surface area contributed by atoms with Gasteiger partial charge in [-0.2, -0.15) is 0 Å². The van der Waals surface area contributed by atoms with Gasteiger partial charge < -0.3 is 14.7 Å². The molecule has 0 saturated carbocycles. The number of amides is 1. The highest BCUT2D eigenvalue weighted by molar-refractivity contribution is 5.79. The number of alkyl halides is 1. The number of carbonyl (C=O) groups is 1. The van der Waals surface area contributed by atoms with Crippen molar-refractivity contribution in [3.05, 3.63) is 47.9 Å². The molecule has 1 aromatic carbocycles. The number of benzene rings is 1. The molecule has 23 heavy (non-hydrogen) atoms. The van der Waals surface area contributed by atoms with Gasteiger partial charge in [0.2, 0.25) is 18.1 Å². The second-order valence-corrected chi connectivity index (χ2v) is 5.43. The summed E-state index contributed by atoms with van der Waals surface area (Å²) < 4.78 is 19.2. The number of aliphatic hydroxyl groups is 1. The molecular weight excluding hydrogens is 301 g/mol. The number of rotatable bonds is 4. The van der Waals surface area contributed by atoms with Crippen molar-refractivity contribution in [2.24, 2.45) is 0 Å². The summed E-state index contributed by atoms with van der Waals surface area (Å²) in [6, 6.07) is 7.48. The summed E-state index contributed by atoms with van der Waals surface area (Å²) in [6.45, 7) is 1.95. The van der Waals surface area contributed by atoms with E-state index in [1.165, 1.54) is 12.4 Å². The predicted octanol–water partition coefficient (Wildman–Crippen LogP) is 1.97. The minimum atomic E-state index is -1.70. The van der Waals surface area contributed by atoms with Crippen LogP contribution in [0.1, 0.15) is 17.7 Å². The van der Waals surface area contributed by atoms with Crippen molar-refractivity contribution >= 4 is 5.91 Å². The Morgan fingerprint density at radius 3 is 2.61 bits per heavy atom. The smallest absolute Gasteiger partial charge is 0.237 e. The van der Waals surface area contributed by atoms with Gasteiger partial charge in [0.25, 0.3) is 0 Å². The fourth-order valence-electron chi connectivity index (χ4n) is 2.29. The van der Waals surface area contributed by atoms with Crippen molar-refractivity contribution in [1.82, 2.24) is 14.9 Å². The molecule has 1 amide bonds. The lowest BCUT2D eigenvalue weighted by molar-refractivity contribution is -0.131. The quantitative estimate of drug-likeness (QED) is 0.873. The third kappa shape index (κ3) is 3.45. The van der Waals surface area contributed by atoms with Gasteiger partial charge in [0.1, 0.15) is 11.9 Å². The molecule has 1 aliphatic heterocycles. The number of aromatic nitrogens is 2. The van der Waals surface area contributed by atoms with E-state index < -0.39 is 18.3 Å². The molecule has 0 radical (unpaired) electrons. The van der Waals surface area contributed by atoms with Crippen LogP contribution in [0.25, 0.3) is 0 Å². The SMILES string of the molecule is Cc1ccc(Oc2cnc(CN3C(=O)C[C@H](O)[C@@H]3F)cn2)cc1. The third-order valence-corrected chi connectivity index (χ3v) is 3.58. The van der Waals surface area contributed by atoms with E-state index in [1.807, 2.05) is 31.2 Å². The van der Waals surface area contributed by atoms with Gasteiger partial charge in [-0.3, -0.25) is 9.78 Å². The van der Waals surface area contributed by atoms with E-state index in [1.54, 1.807) is 0 Å². The molecule has 1 fully saturated rings. The fraction of sp³-hybridized carbons (Fsp3) is 0.312. The zero-order valence-electron chi connectivity index (χ0n) is 12.5. The molecule has 0 aliphatic carbocycles. The highest BCUT2D eigenvalue weighted by atomic mass is 19.1. The highest BCUT2D eigenvalue weighted by Gasteiger charge is 2.39. The molecule has 1 N–H and O–H groups in total. The molecule has 0 unspecified atom stereocenters. The fourth-order valence-corrected chi connectivity index (χ4v) is 2.29. The Bertz CT molecular complexity index is 691. The lowest BCUT2D eigenvalue weighted by Crippen LogP contribution is -2.33. The molecule has 2 atom stereocenters. The van der Waals surface area contributed by atoms with Crippen LogP contribution < -0.4 is 4.74 Å². The first kappa shape index (κ1) is 15.4. The Labute approximate surface area is 132 Å². The van der Waals surface area contributed by atoms with Crippen LogP contribution in [0.3, 0.4) is 0 Å². The van der Waals surface area contributed by atoms with Gasteiger partial charge in [-0.25, -0.2) is 9.37 Å². The van der Waals surface area contributed by atoms with Crippen LogP contribution in [0.4, 0.5) is 4.39 Å². The number of likely N-dealkylation sites (tertiary alicyclic amines) is 1. The van der Waals surface area contributed by atoms with Crippen molar-refractivity contribution < 1.29 is 19.0 Å². The monoisotopic (exact) mass is 317 g/mol. The topological polar surface area (TPSA) is 75.5 Å². The molecular formula is C16H16FN3O3. The summed E-state index contributed by atoms with van der Waals surface area (Å²) in [6.07, 6.45) is -0.344. The van der Waals surface area contributed by atoms with Gasteiger partial charge in [-0.1, -0.05) is 17.7 Å². The molecule has 3 rings (SSSR count). The van der Waals surface area contributed by atoms with Crippen LogP contribution in [0.5, 0.6) is 11.6 Å². The first-order valence-electron chi connectivity index (χ1n) is 7.20. The van der Waals surface area contributed by atoms with Crippen molar-refractivity contribution in [3.63, 3.8) is 0 Å².